The Labute approximate surface area is 165 Å². The number of H-pyrrole nitrogens is 1. The number of pyridine rings is 1. The average molecular weight is 412 g/mol. The number of benzene rings is 2. The van der Waals surface area contributed by atoms with E-state index in [-0.39, 0.29) is 5.69 Å². The van der Waals surface area contributed by atoms with E-state index in [0.29, 0.717) is 22.7 Å². The first kappa shape index (κ1) is 18.8. The van der Waals surface area contributed by atoms with Gasteiger partial charge in [-0.3, -0.25) is 14.8 Å². The van der Waals surface area contributed by atoms with Crippen molar-refractivity contribution in [1.82, 2.24) is 15.2 Å². The van der Waals surface area contributed by atoms with E-state index in [1.165, 1.54) is 6.07 Å². The van der Waals surface area contributed by atoms with Crippen LogP contribution in [0.2, 0.25) is 0 Å². The normalized spacial score (nSPS) is 11.9. The highest BCUT2D eigenvalue weighted by atomic mass is 32.2. The second kappa shape index (κ2) is 7.44. The second-order valence-corrected chi connectivity index (χ2v) is 7.88. The van der Waals surface area contributed by atoms with E-state index < -0.39 is 26.6 Å². The molecular formula is C20H14F2N4O2S. The van der Waals surface area contributed by atoms with E-state index >= 15 is 0 Å². The Kier molecular flexibility index (Phi) is 4.81. The molecule has 2 heterocycles. The highest BCUT2D eigenvalue weighted by molar-refractivity contribution is 7.92. The zero-order valence-electron chi connectivity index (χ0n) is 14.8. The predicted molar refractivity (Wildman–Crippen MR) is 106 cm³/mol. The van der Waals surface area contributed by atoms with Gasteiger partial charge in [-0.25, -0.2) is 17.2 Å². The molecule has 0 saturated carbocycles. The quantitative estimate of drug-likeness (QED) is 0.514. The lowest BCUT2D eigenvalue weighted by molar-refractivity contribution is 0.568. The predicted octanol–water partition coefficient (Wildman–Crippen LogP) is 4.21. The fraction of sp³-hybridized carbons (Fsp3) is 0. The van der Waals surface area contributed by atoms with E-state index in [2.05, 4.69) is 19.9 Å². The van der Waals surface area contributed by atoms with Gasteiger partial charge in [0.25, 0.3) is 10.0 Å². The number of aromatic amines is 1. The highest BCUT2D eigenvalue weighted by Gasteiger charge is 2.17. The molecule has 2 aromatic heterocycles. The number of rotatable bonds is 5. The molecule has 9 heteroatoms. The fourth-order valence-corrected chi connectivity index (χ4v) is 3.86. The van der Waals surface area contributed by atoms with Gasteiger partial charge in [0.2, 0.25) is 0 Å². The summed E-state index contributed by atoms with van der Waals surface area (Å²) in [5.74, 6) is -1.95. The summed E-state index contributed by atoms with van der Waals surface area (Å²) in [6, 6.07) is 10.6. The third kappa shape index (κ3) is 4.14. The average Bonchev–Trinajstić information content (AvgIpc) is 3.08. The molecule has 0 radical (unpaired) electrons. The van der Waals surface area contributed by atoms with Gasteiger partial charge in [0.05, 0.1) is 16.1 Å². The first-order chi connectivity index (χ1) is 13.9. The molecule has 6 nitrogen and oxygen atoms in total. The third-order valence-corrected chi connectivity index (χ3v) is 5.47. The SMILES string of the molecule is O=S(=O)(Nc1ccc2[nH]nc(/C=C/c3cccnc3)c2c1)c1cc(F)cc(F)c1. The van der Waals surface area contributed by atoms with Gasteiger partial charge in [-0.15, -0.1) is 0 Å². The van der Waals surface area contributed by atoms with Crippen molar-refractivity contribution in [2.24, 2.45) is 0 Å². The highest BCUT2D eigenvalue weighted by Crippen LogP contribution is 2.24. The molecule has 4 aromatic rings. The minimum atomic E-state index is -4.17. The summed E-state index contributed by atoms with van der Waals surface area (Å²) in [7, 11) is -4.17. The van der Waals surface area contributed by atoms with Gasteiger partial charge in [0, 0.05) is 29.5 Å². The maximum atomic E-state index is 13.4. The minimum Gasteiger partial charge on any atom is -0.280 e. The maximum absolute atomic E-state index is 13.4. The maximum Gasteiger partial charge on any atom is 0.262 e. The first-order valence-electron chi connectivity index (χ1n) is 8.46. The van der Waals surface area contributed by atoms with Crippen molar-refractivity contribution in [2.75, 3.05) is 4.72 Å². The Hall–Kier alpha value is -3.59. The molecule has 4 rings (SSSR count). The zero-order chi connectivity index (χ0) is 20.4. The molecule has 0 bridgehead atoms. The van der Waals surface area contributed by atoms with Crippen molar-refractivity contribution in [2.45, 2.75) is 4.90 Å². The Morgan fingerprint density at radius 3 is 2.52 bits per heavy atom. The van der Waals surface area contributed by atoms with Crippen molar-refractivity contribution in [1.29, 1.82) is 0 Å². The first-order valence-corrected chi connectivity index (χ1v) is 9.94. The summed E-state index contributed by atoms with van der Waals surface area (Å²) >= 11 is 0. The lowest BCUT2D eigenvalue weighted by atomic mass is 10.1. The van der Waals surface area contributed by atoms with Crippen LogP contribution in [0.1, 0.15) is 11.3 Å². The molecule has 146 valence electrons. The van der Waals surface area contributed by atoms with Crippen LogP contribution in [0.25, 0.3) is 23.1 Å². The largest absolute Gasteiger partial charge is 0.280 e. The summed E-state index contributed by atoms with van der Waals surface area (Å²) in [5, 5.41) is 7.77. The number of sulfonamides is 1. The Bertz CT molecular complexity index is 1300. The van der Waals surface area contributed by atoms with Crippen molar-refractivity contribution in [3.8, 4) is 0 Å². The van der Waals surface area contributed by atoms with Gasteiger partial charge < -0.3 is 0 Å². The smallest absolute Gasteiger partial charge is 0.262 e. The molecule has 0 aliphatic carbocycles. The van der Waals surface area contributed by atoms with Crippen molar-refractivity contribution in [3.05, 3.63) is 83.8 Å². The number of nitrogens with zero attached hydrogens (tertiary/aromatic N) is 2. The van der Waals surface area contributed by atoms with E-state index in [4.69, 9.17) is 0 Å². The molecule has 0 spiro atoms. The number of aromatic nitrogens is 3. The van der Waals surface area contributed by atoms with Crippen molar-refractivity contribution in [3.63, 3.8) is 0 Å². The van der Waals surface area contributed by atoms with Crippen molar-refractivity contribution >= 4 is 38.8 Å². The Morgan fingerprint density at radius 1 is 1.00 bits per heavy atom. The van der Waals surface area contributed by atoms with Gasteiger partial charge in [-0.05, 0) is 48.0 Å². The van der Waals surface area contributed by atoms with Crippen LogP contribution < -0.4 is 4.72 Å². The molecule has 0 amide bonds. The summed E-state index contributed by atoms with van der Waals surface area (Å²) in [4.78, 5) is 3.53. The van der Waals surface area contributed by atoms with E-state index in [0.717, 1.165) is 17.7 Å². The molecule has 0 aliphatic heterocycles. The molecule has 0 fully saturated rings. The Morgan fingerprint density at radius 2 is 1.79 bits per heavy atom. The summed E-state index contributed by atoms with van der Waals surface area (Å²) < 4.78 is 54.1. The fourth-order valence-electron chi connectivity index (χ4n) is 2.77. The molecule has 2 aromatic carbocycles. The standard InChI is InChI=1S/C20H14F2N4O2S/c21-14-8-15(22)10-17(9-14)29(27,28)26-16-4-6-20-18(11-16)19(24-25-20)5-3-13-2-1-7-23-12-13/h1-12,26H,(H,24,25)/b5-3+. The molecule has 29 heavy (non-hydrogen) atoms. The summed E-state index contributed by atoms with van der Waals surface area (Å²) in [6.07, 6.45) is 6.97. The molecule has 0 aliphatic rings. The monoisotopic (exact) mass is 412 g/mol. The number of nitrogens with one attached hydrogen (secondary N) is 2. The van der Waals surface area contributed by atoms with Crippen LogP contribution in [0.15, 0.2) is 65.8 Å². The molecule has 0 unspecified atom stereocenters. The van der Waals surface area contributed by atoms with Crippen LogP contribution >= 0.6 is 0 Å². The van der Waals surface area contributed by atoms with Crippen molar-refractivity contribution < 1.29 is 17.2 Å². The number of hydrogen-bond donors (Lipinski definition) is 2. The van der Waals surface area contributed by atoms with Gasteiger partial charge in [0.15, 0.2) is 0 Å². The van der Waals surface area contributed by atoms with Crippen LogP contribution in [0.3, 0.4) is 0 Å². The van der Waals surface area contributed by atoms with Crippen LogP contribution in [-0.4, -0.2) is 23.6 Å². The van der Waals surface area contributed by atoms with Gasteiger partial charge in [-0.2, -0.15) is 5.10 Å². The van der Waals surface area contributed by atoms with E-state index in [9.17, 15) is 17.2 Å². The molecule has 0 saturated heterocycles. The third-order valence-electron chi connectivity index (χ3n) is 4.11. The number of halogens is 2. The van der Waals surface area contributed by atoms with Crippen LogP contribution in [-0.2, 0) is 10.0 Å². The Balaban J connectivity index is 1.66. The van der Waals surface area contributed by atoms with Gasteiger partial charge in [-0.1, -0.05) is 12.1 Å². The second-order valence-electron chi connectivity index (χ2n) is 6.20. The zero-order valence-corrected chi connectivity index (χ0v) is 15.6. The summed E-state index contributed by atoms with van der Waals surface area (Å²) in [5.41, 5.74) is 2.42. The number of fused-ring (bicyclic) bond motifs is 1. The minimum absolute atomic E-state index is 0.236. The topological polar surface area (TPSA) is 87.7 Å². The van der Waals surface area contributed by atoms with Crippen LogP contribution in [0.4, 0.5) is 14.5 Å². The molecule has 0 atom stereocenters. The summed E-state index contributed by atoms with van der Waals surface area (Å²) in [6.45, 7) is 0. The number of anilines is 1. The van der Waals surface area contributed by atoms with Gasteiger partial charge in [0.1, 0.15) is 11.6 Å². The van der Waals surface area contributed by atoms with Crippen LogP contribution in [0, 0.1) is 11.6 Å². The van der Waals surface area contributed by atoms with E-state index in [1.807, 2.05) is 18.2 Å². The van der Waals surface area contributed by atoms with Gasteiger partial charge >= 0.3 is 0 Å². The lowest BCUT2D eigenvalue weighted by Crippen LogP contribution is -2.13. The van der Waals surface area contributed by atoms with E-state index in [1.54, 1.807) is 30.6 Å². The molecular weight excluding hydrogens is 398 g/mol. The number of hydrogen-bond acceptors (Lipinski definition) is 4. The molecule has 2 N–H and O–H groups in total. The lowest BCUT2D eigenvalue weighted by Gasteiger charge is -2.08. The van der Waals surface area contributed by atoms with Crippen LogP contribution in [0.5, 0.6) is 0 Å².